The van der Waals surface area contributed by atoms with Gasteiger partial charge >= 0.3 is 41.9 Å². The van der Waals surface area contributed by atoms with E-state index in [0.29, 0.717) is 132 Å². The van der Waals surface area contributed by atoms with E-state index in [4.69, 9.17) is 26.8 Å². The number of rotatable bonds is 47. The van der Waals surface area contributed by atoms with Crippen LogP contribution in [0.3, 0.4) is 0 Å². The summed E-state index contributed by atoms with van der Waals surface area (Å²) >= 11 is 7.95. The molecule has 572 valence electrons. The largest absolute Gasteiger partial charge is 0.481 e. The number of carboxylic acids is 5. The van der Waals surface area contributed by atoms with Crippen LogP contribution in [0.2, 0.25) is 0 Å². The SMILES string of the molecule is CN1CCN(CC(=O)O)CCN(CC(=O)O)CC(Cc2ccc(CC(=S)NCCCC[C@H](CC(=O)CCOCCOCCn3nncc3-c3cccc(NC(=O)NCCCC[C@H](NC(=O)NCCCC(=O)O)C(=O)O)c3)C(=O)N[C@@H](CCCCNC(=O)Cc3ccc(I)cc3)C(=O)O)cc2)N(C)CC1. The van der Waals surface area contributed by atoms with Crippen LogP contribution in [0.5, 0.6) is 0 Å². The van der Waals surface area contributed by atoms with Crippen molar-refractivity contribution in [2.24, 2.45) is 5.92 Å². The number of ketones is 1. The molecule has 4 atom stereocenters. The zero-order valence-electron chi connectivity index (χ0n) is 59.4. The number of carboxylic acid groups (broad SMARTS) is 5. The molecule has 104 heavy (non-hydrogen) atoms. The first kappa shape index (κ1) is 86.3. The van der Waals surface area contributed by atoms with Gasteiger partial charge in [0.25, 0.3) is 0 Å². The van der Waals surface area contributed by atoms with Gasteiger partial charge in [-0.25, -0.2) is 23.9 Å². The van der Waals surface area contributed by atoms with Crippen molar-refractivity contribution in [1.29, 1.82) is 0 Å². The van der Waals surface area contributed by atoms with Crippen LogP contribution in [0.4, 0.5) is 15.3 Å². The summed E-state index contributed by atoms with van der Waals surface area (Å²) in [6.45, 7) is 5.88. The maximum absolute atomic E-state index is 14.0. The van der Waals surface area contributed by atoms with Gasteiger partial charge < -0.3 is 82.0 Å². The molecule has 31 nitrogen and oxygen atoms in total. The number of amides is 6. The number of anilines is 1. The molecule has 2 heterocycles. The highest BCUT2D eigenvalue weighted by Crippen LogP contribution is 2.23. The maximum Gasteiger partial charge on any atom is 0.326 e. The second-order valence-corrected chi connectivity index (χ2v) is 27.6. The van der Waals surface area contributed by atoms with Gasteiger partial charge in [-0.3, -0.25) is 38.6 Å². The summed E-state index contributed by atoms with van der Waals surface area (Å²) in [6.07, 6.45) is 6.20. The molecule has 1 aromatic heterocycles. The zero-order chi connectivity index (χ0) is 75.6. The molecule has 0 spiro atoms. The first-order valence-corrected chi connectivity index (χ1v) is 36.7. The number of halogens is 1. The van der Waals surface area contributed by atoms with E-state index in [9.17, 15) is 68.4 Å². The molecule has 0 aliphatic carbocycles. The number of aromatic nitrogens is 3. The van der Waals surface area contributed by atoms with Crippen molar-refractivity contribution in [2.75, 3.05) is 131 Å². The van der Waals surface area contributed by atoms with E-state index in [1.54, 1.807) is 29.1 Å². The van der Waals surface area contributed by atoms with Gasteiger partial charge in [-0.05, 0) is 142 Å². The molecule has 1 aliphatic heterocycles. The Morgan fingerprint density at radius 1 is 0.596 bits per heavy atom. The number of hydrogen-bond donors (Lipinski definition) is 12. The first-order chi connectivity index (χ1) is 49.9. The first-order valence-electron chi connectivity index (χ1n) is 35.2. The molecular formula is C71H103IN14O17S. The lowest BCUT2D eigenvalue weighted by Gasteiger charge is -2.36. The highest BCUT2D eigenvalue weighted by molar-refractivity contribution is 14.1. The molecule has 5 rings (SSSR count). The summed E-state index contributed by atoms with van der Waals surface area (Å²) in [7, 11) is 4.06. The van der Waals surface area contributed by atoms with E-state index in [2.05, 4.69) is 92.1 Å². The van der Waals surface area contributed by atoms with Crippen LogP contribution < -0.4 is 37.2 Å². The van der Waals surface area contributed by atoms with Gasteiger partial charge in [-0.2, -0.15) is 0 Å². The molecule has 0 bridgehead atoms. The van der Waals surface area contributed by atoms with Crippen molar-refractivity contribution in [3.05, 3.63) is 99.3 Å². The monoisotopic (exact) mass is 1580 g/mol. The number of nitrogens with one attached hydrogen (secondary N) is 7. The normalized spacial score (nSPS) is 15.0. The summed E-state index contributed by atoms with van der Waals surface area (Å²) in [5.74, 6) is -7.06. The Hall–Kier alpha value is -8.32. The van der Waals surface area contributed by atoms with Gasteiger partial charge in [0.2, 0.25) is 11.8 Å². The Morgan fingerprint density at radius 3 is 1.86 bits per heavy atom. The third-order valence-corrected chi connectivity index (χ3v) is 18.4. The van der Waals surface area contributed by atoms with Gasteiger partial charge in [0.15, 0.2) is 0 Å². The van der Waals surface area contributed by atoms with E-state index < -0.39 is 65.8 Å². The van der Waals surface area contributed by atoms with Gasteiger partial charge in [0, 0.05) is 124 Å². The molecule has 33 heteroatoms. The van der Waals surface area contributed by atoms with E-state index in [0.717, 1.165) is 33.4 Å². The topological polar surface area (TPSA) is 418 Å². The van der Waals surface area contributed by atoms with Crippen LogP contribution in [-0.2, 0) is 73.6 Å². The van der Waals surface area contributed by atoms with Crippen LogP contribution in [0, 0.1) is 9.49 Å². The Kier molecular flexibility index (Phi) is 40.4. The second-order valence-electron chi connectivity index (χ2n) is 25.8. The van der Waals surface area contributed by atoms with Crippen LogP contribution in [0.1, 0.15) is 100 Å². The smallest absolute Gasteiger partial charge is 0.326 e. The standard InChI is InChI=1S/C71H103IN14O17S/c1-82-30-32-83(2)57(47-85(49-66(93)94)35-34-84(33-31-82)48-65(91)92)41-50-17-19-52(20-18-50)43-63(104)74-27-6-3-11-54(67(95)79-59(68(96)97)14-4-7-26-73-62(88)42-51-21-23-55(72)24-22-51)45-58(87)25-37-102-39-40-103-38-36-86-61(46-77-81-86)53-12-9-13-56(44-53)78-70(100)75-28-8-5-15-60(69(98)99)80-71(101)76-29-10-16-64(89)90/h9,12-13,17-24,44,46,54,57,59-60H,3-8,10-11,14-16,25-43,45,47-49H2,1-2H3,(H,73,88)(H,74,104)(H,79,95)(H,89,90)(H,91,92)(H,93,94)(H,96,97)(H,98,99)(H2,75,78,100)(H2,76,80,101)/t54-,57?,59+,60+/m1/s1. The summed E-state index contributed by atoms with van der Waals surface area (Å²) < 4.78 is 14.3. The lowest BCUT2D eigenvalue weighted by molar-refractivity contribution is -0.143. The molecule has 1 saturated heterocycles. The number of aliphatic carboxylic acids is 5. The maximum atomic E-state index is 14.0. The number of likely N-dealkylation sites (N-methyl/N-ethyl adjacent to an activating group) is 2. The summed E-state index contributed by atoms with van der Waals surface area (Å²) in [4.78, 5) is 132. The molecule has 12 N–H and O–H groups in total. The number of carbonyl (C=O) groups excluding carboxylic acids is 5. The molecule has 1 unspecified atom stereocenters. The van der Waals surface area contributed by atoms with Gasteiger partial charge in [-0.1, -0.05) is 72.4 Å². The lowest BCUT2D eigenvalue weighted by atomic mass is 9.93. The third kappa shape index (κ3) is 36.4. The molecule has 0 saturated carbocycles. The molecule has 0 radical (unpaired) electrons. The minimum atomic E-state index is -1.22. The van der Waals surface area contributed by atoms with E-state index >= 15 is 0 Å². The van der Waals surface area contributed by atoms with E-state index in [1.807, 2.05) is 66.4 Å². The van der Waals surface area contributed by atoms with Crippen molar-refractivity contribution in [1.82, 2.24) is 66.5 Å². The minimum absolute atomic E-state index is 0.00449. The Morgan fingerprint density at radius 2 is 1.17 bits per heavy atom. The second kappa shape index (κ2) is 48.7. The van der Waals surface area contributed by atoms with E-state index in [-0.39, 0.29) is 115 Å². The van der Waals surface area contributed by atoms with Crippen LogP contribution in [0.25, 0.3) is 11.3 Å². The molecule has 4 aromatic rings. The van der Waals surface area contributed by atoms with Crippen molar-refractivity contribution in [3.8, 4) is 11.3 Å². The summed E-state index contributed by atoms with van der Waals surface area (Å²) in [5, 5.41) is 75.2. The average molecular weight is 1580 g/mol. The fourth-order valence-electron chi connectivity index (χ4n) is 11.4. The fourth-order valence-corrected chi connectivity index (χ4v) is 12.1. The molecule has 1 fully saturated rings. The number of carbonyl (C=O) groups is 10. The van der Waals surface area contributed by atoms with Gasteiger partial charge in [-0.15, -0.1) is 5.10 Å². The van der Waals surface area contributed by atoms with Crippen molar-refractivity contribution in [2.45, 2.75) is 127 Å². The van der Waals surface area contributed by atoms with Crippen molar-refractivity contribution < 1.29 is 83.0 Å². The van der Waals surface area contributed by atoms with Crippen LogP contribution >= 0.6 is 34.8 Å². The van der Waals surface area contributed by atoms with Gasteiger partial charge in [0.05, 0.1) is 69.4 Å². The number of thiocarbonyl (C=S) groups is 1. The highest BCUT2D eigenvalue weighted by atomic mass is 127. The fraction of sp³-hybridized carbons (Fsp3) is 0.563. The Bertz CT molecular complexity index is 3370. The quantitative estimate of drug-likeness (QED) is 0.0165. The number of ether oxygens (including phenoxy) is 2. The van der Waals surface area contributed by atoms with E-state index in [1.165, 1.54) is 0 Å². The lowest BCUT2D eigenvalue weighted by Crippen LogP contribution is -2.50. The molecule has 3 aromatic carbocycles. The number of nitrogens with zero attached hydrogens (tertiary/aromatic N) is 7. The number of benzene rings is 3. The average Bonchev–Trinajstić information content (AvgIpc) is 1.66. The summed E-state index contributed by atoms with van der Waals surface area (Å²) in [6, 6.07) is 19.2. The Balaban J connectivity index is 1.06. The zero-order valence-corrected chi connectivity index (χ0v) is 62.4. The predicted molar refractivity (Wildman–Crippen MR) is 400 cm³/mol. The van der Waals surface area contributed by atoms with Crippen molar-refractivity contribution >= 4 is 105 Å². The van der Waals surface area contributed by atoms with Crippen molar-refractivity contribution in [3.63, 3.8) is 0 Å². The number of unbranched alkanes of at least 4 members (excludes halogenated alkanes) is 3. The number of urea groups is 2. The molecule has 6 amide bonds. The number of hydrogen-bond acceptors (Lipinski definition) is 19. The third-order valence-electron chi connectivity index (χ3n) is 17.4. The van der Waals surface area contributed by atoms with Gasteiger partial charge in [0.1, 0.15) is 17.9 Å². The highest BCUT2D eigenvalue weighted by Gasteiger charge is 2.28. The van der Waals surface area contributed by atoms with Crippen LogP contribution in [-0.4, -0.2) is 268 Å². The minimum Gasteiger partial charge on any atom is -0.481 e. The molecular weight excluding hydrogens is 1480 g/mol. The molecule has 1 aliphatic rings. The Labute approximate surface area is 625 Å². The predicted octanol–water partition coefficient (Wildman–Crippen LogP) is 4.45. The number of Topliss-reactive ketones (excluding diaryl/α,β-unsaturated/α-hetero) is 1. The summed E-state index contributed by atoms with van der Waals surface area (Å²) in [5.41, 5.74) is 4.78. The van der Waals surface area contributed by atoms with Crippen LogP contribution in [0.15, 0.2) is 79.0 Å².